The van der Waals surface area contributed by atoms with E-state index in [1.165, 1.54) is 18.2 Å². The normalized spacial score (nSPS) is 24.6. The number of piperidine rings is 2. The van der Waals surface area contributed by atoms with Crippen LogP contribution in [0.5, 0.6) is 5.75 Å². The molecule has 5 heterocycles. The fraction of sp³-hybridized carbons (Fsp3) is 0.409. The first kappa shape index (κ1) is 19.0. The Morgan fingerprint density at radius 1 is 1.29 bits per heavy atom. The fourth-order valence-electron chi connectivity index (χ4n) is 5.04. The van der Waals surface area contributed by atoms with Gasteiger partial charge in [-0.25, -0.2) is 13.9 Å². The maximum atomic E-state index is 14.1. The van der Waals surface area contributed by atoms with E-state index in [1.807, 2.05) is 0 Å². The molecule has 1 saturated carbocycles. The lowest BCUT2D eigenvalue weighted by Crippen LogP contribution is -2.53. The number of halogens is 2. The third kappa shape index (κ3) is 3.25. The predicted octanol–water partition coefficient (Wildman–Crippen LogP) is 3.20. The maximum Gasteiger partial charge on any atom is 0.258 e. The molecule has 3 fully saturated rings. The summed E-state index contributed by atoms with van der Waals surface area (Å²) in [6.07, 6.45) is 6.40. The molecule has 9 heteroatoms. The number of benzene rings is 1. The van der Waals surface area contributed by atoms with Crippen molar-refractivity contribution in [1.82, 2.24) is 24.8 Å². The quantitative estimate of drug-likeness (QED) is 0.675. The van der Waals surface area contributed by atoms with Crippen molar-refractivity contribution in [2.75, 3.05) is 6.54 Å². The van der Waals surface area contributed by atoms with E-state index in [4.69, 9.17) is 16.3 Å². The van der Waals surface area contributed by atoms with Gasteiger partial charge in [-0.2, -0.15) is 5.10 Å². The van der Waals surface area contributed by atoms with Crippen molar-refractivity contribution in [2.45, 2.75) is 44.5 Å². The summed E-state index contributed by atoms with van der Waals surface area (Å²) in [5, 5.41) is 8.52. The molecule has 160 valence electrons. The minimum Gasteiger partial charge on any atom is -0.489 e. The molecule has 2 aromatic heterocycles. The van der Waals surface area contributed by atoms with E-state index < -0.39 is 5.82 Å². The van der Waals surface area contributed by atoms with Gasteiger partial charge in [0.25, 0.3) is 5.91 Å². The molecule has 1 aromatic carbocycles. The van der Waals surface area contributed by atoms with Crippen LogP contribution >= 0.6 is 11.6 Å². The first-order valence-corrected chi connectivity index (χ1v) is 10.9. The number of hydrogen-bond donors (Lipinski definition) is 1. The molecular formula is C22H21ClFN5O2. The SMILES string of the molecule is O=C(c1ccc(F)cc1O[C@H]1C[C@H]2CC[C@@H]1CN2)N1Cc2nn3cc(Cl)cnc3c2C1. The Hall–Kier alpha value is -2.71. The molecule has 2 saturated heterocycles. The summed E-state index contributed by atoms with van der Waals surface area (Å²) in [7, 11) is 0. The predicted molar refractivity (Wildman–Crippen MR) is 112 cm³/mol. The minimum atomic E-state index is -0.408. The van der Waals surface area contributed by atoms with E-state index in [0.29, 0.717) is 47.0 Å². The molecule has 1 N–H and O–H groups in total. The van der Waals surface area contributed by atoms with Crippen molar-refractivity contribution in [1.29, 1.82) is 0 Å². The third-order valence-corrected chi connectivity index (χ3v) is 6.84. The van der Waals surface area contributed by atoms with Gasteiger partial charge in [0.2, 0.25) is 0 Å². The number of hydrogen-bond acceptors (Lipinski definition) is 5. The van der Waals surface area contributed by atoms with E-state index in [9.17, 15) is 9.18 Å². The van der Waals surface area contributed by atoms with Crippen LogP contribution < -0.4 is 10.1 Å². The van der Waals surface area contributed by atoms with Gasteiger partial charge in [0.15, 0.2) is 5.65 Å². The molecule has 0 spiro atoms. The number of nitrogens with zero attached hydrogens (tertiary/aromatic N) is 4. The minimum absolute atomic E-state index is 0.00211. The highest BCUT2D eigenvalue weighted by Crippen LogP contribution is 2.35. The fourth-order valence-corrected chi connectivity index (χ4v) is 5.18. The smallest absolute Gasteiger partial charge is 0.258 e. The Balaban J connectivity index is 1.26. The first-order chi connectivity index (χ1) is 15.0. The van der Waals surface area contributed by atoms with E-state index in [0.717, 1.165) is 37.1 Å². The van der Waals surface area contributed by atoms with E-state index in [1.54, 1.807) is 21.8 Å². The van der Waals surface area contributed by atoms with Gasteiger partial charge in [-0.05, 0) is 31.4 Å². The molecule has 1 amide bonds. The van der Waals surface area contributed by atoms with E-state index >= 15 is 0 Å². The number of carbonyl (C=O) groups is 1. The highest BCUT2D eigenvalue weighted by molar-refractivity contribution is 6.30. The van der Waals surface area contributed by atoms with Gasteiger partial charge < -0.3 is 15.0 Å². The molecule has 0 radical (unpaired) electrons. The Morgan fingerprint density at radius 3 is 2.97 bits per heavy atom. The van der Waals surface area contributed by atoms with Crippen LogP contribution in [-0.2, 0) is 13.1 Å². The van der Waals surface area contributed by atoms with Gasteiger partial charge >= 0.3 is 0 Å². The second-order valence-electron chi connectivity index (χ2n) is 8.60. The summed E-state index contributed by atoms with van der Waals surface area (Å²) >= 11 is 6.00. The first-order valence-electron chi connectivity index (χ1n) is 10.6. The molecule has 31 heavy (non-hydrogen) atoms. The molecule has 1 aliphatic carbocycles. The van der Waals surface area contributed by atoms with Crippen molar-refractivity contribution in [2.24, 2.45) is 5.92 Å². The average molecular weight is 442 g/mol. The summed E-state index contributed by atoms with van der Waals surface area (Å²) in [5.41, 5.74) is 2.78. The van der Waals surface area contributed by atoms with Crippen LogP contribution in [0.15, 0.2) is 30.6 Å². The lowest BCUT2D eigenvalue weighted by atomic mass is 9.79. The number of ether oxygens (including phenoxy) is 1. The van der Waals surface area contributed by atoms with Crippen LogP contribution in [0.2, 0.25) is 5.02 Å². The van der Waals surface area contributed by atoms with Gasteiger partial charge in [-0.3, -0.25) is 4.79 Å². The zero-order valence-electron chi connectivity index (χ0n) is 16.7. The highest BCUT2D eigenvalue weighted by Gasteiger charge is 2.38. The highest BCUT2D eigenvalue weighted by atomic mass is 35.5. The van der Waals surface area contributed by atoms with Crippen molar-refractivity contribution in [3.8, 4) is 5.75 Å². The molecule has 2 bridgehead atoms. The Morgan fingerprint density at radius 2 is 2.19 bits per heavy atom. The second-order valence-corrected chi connectivity index (χ2v) is 9.04. The van der Waals surface area contributed by atoms with Crippen LogP contribution in [0.25, 0.3) is 5.65 Å². The molecule has 3 atom stereocenters. The monoisotopic (exact) mass is 441 g/mol. The zero-order chi connectivity index (χ0) is 21.1. The van der Waals surface area contributed by atoms with Crippen molar-refractivity contribution in [3.63, 3.8) is 0 Å². The van der Waals surface area contributed by atoms with Crippen LogP contribution in [0.3, 0.4) is 0 Å². The molecule has 0 unspecified atom stereocenters. The summed E-state index contributed by atoms with van der Waals surface area (Å²) in [4.78, 5) is 19.4. The maximum absolute atomic E-state index is 14.1. The number of nitrogens with one attached hydrogen (secondary N) is 1. The second kappa shape index (κ2) is 7.17. The number of amides is 1. The number of rotatable bonds is 3. The van der Waals surface area contributed by atoms with Crippen molar-refractivity contribution in [3.05, 3.63) is 58.3 Å². The van der Waals surface area contributed by atoms with E-state index in [-0.39, 0.29) is 12.0 Å². The largest absolute Gasteiger partial charge is 0.489 e. The zero-order valence-corrected chi connectivity index (χ0v) is 17.5. The number of carbonyl (C=O) groups excluding carboxylic acids is 1. The summed E-state index contributed by atoms with van der Waals surface area (Å²) in [5.74, 6) is 0.109. The summed E-state index contributed by atoms with van der Waals surface area (Å²) in [6.45, 7) is 1.66. The van der Waals surface area contributed by atoms with Crippen molar-refractivity contribution >= 4 is 23.2 Å². The van der Waals surface area contributed by atoms with Crippen molar-refractivity contribution < 1.29 is 13.9 Å². The summed E-state index contributed by atoms with van der Waals surface area (Å²) in [6, 6.07) is 4.60. The lowest BCUT2D eigenvalue weighted by molar-refractivity contribution is 0.0397. The van der Waals surface area contributed by atoms with Gasteiger partial charge in [0.05, 0.1) is 35.6 Å². The molecule has 3 aromatic rings. The topological polar surface area (TPSA) is 71.8 Å². The standard InChI is InChI=1S/C22H21ClFN5O2/c23-13-8-26-21-17-10-28(11-18(17)27-29(21)9-13)22(30)16-4-2-14(24)5-20(16)31-19-6-15-3-1-12(19)7-25-15/h2,4-5,8-9,12,15,19,25H,1,3,6-7,10-11H2/t12-,15-,19+/m1/s1. The molecular weight excluding hydrogens is 421 g/mol. The van der Waals surface area contributed by atoms with Gasteiger partial charge in [-0.1, -0.05) is 11.6 Å². The van der Waals surface area contributed by atoms with E-state index in [2.05, 4.69) is 15.4 Å². The third-order valence-electron chi connectivity index (χ3n) is 6.65. The molecule has 7 rings (SSSR count). The van der Waals surface area contributed by atoms with Crippen LogP contribution in [0.4, 0.5) is 4.39 Å². The Kier molecular flexibility index (Phi) is 4.40. The molecule has 3 aliphatic heterocycles. The molecule has 4 aliphatic rings. The van der Waals surface area contributed by atoms with Crippen LogP contribution in [0, 0.1) is 11.7 Å². The Bertz CT molecular complexity index is 1190. The Labute approximate surface area is 183 Å². The van der Waals surface area contributed by atoms with Crippen LogP contribution in [-0.4, -0.2) is 44.1 Å². The summed E-state index contributed by atoms with van der Waals surface area (Å²) < 4.78 is 21.9. The van der Waals surface area contributed by atoms with Crippen LogP contribution in [0.1, 0.15) is 40.9 Å². The van der Waals surface area contributed by atoms with Gasteiger partial charge in [0.1, 0.15) is 17.7 Å². The number of aromatic nitrogens is 3. The lowest BCUT2D eigenvalue weighted by Gasteiger charge is -2.43. The van der Waals surface area contributed by atoms with Gasteiger partial charge in [0, 0.05) is 36.3 Å². The molecule has 7 nitrogen and oxygen atoms in total. The van der Waals surface area contributed by atoms with Gasteiger partial charge in [-0.15, -0.1) is 0 Å². The average Bonchev–Trinajstić information content (AvgIpc) is 3.32. The number of fused-ring (bicyclic) bond motifs is 6.